The number of aromatic amines is 2. The molecule has 6 aromatic carbocycles. The highest BCUT2D eigenvalue weighted by molar-refractivity contribution is 6.29. The third kappa shape index (κ3) is 11.0. The second-order valence-corrected chi connectivity index (χ2v) is 18.7. The predicted octanol–water partition coefficient (Wildman–Crippen LogP) is 12.3. The predicted molar refractivity (Wildman–Crippen MR) is 270 cm³/mol. The summed E-state index contributed by atoms with van der Waals surface area (Å²) in [5.74, 6) is 0.0666. The number of benzene rings is 6. The van der Waals surface area contributed by atoms with Crippen LogP contribution in [0.5, 0.6) is 11.5 Å². The molecule has 2 aliphatic rings. The topological polar surface area (TPSA) is 109 Å². The SMILES string of the molecule is O=C(OC(CCCCN1CCC(c2ccc3ccccc3c2)CC1)Oc1cccc2[nH]ccc12)C(=O)OC(CCCCN1CCC(c2ccc3ccccc3c2)CC1)Oc1cccc2[nH]ccc12. The first-order valence-corrected chi connectivity index (χ1v) is 24.8. The number of nitrogens with zero attached hydrogens (tertiary/aromatic N) is 2. The molecule has 4 heterocycles. The van der Waals surface area contributed by atoms with E-state index in [4.69, 9.17) is 18.9 Å². The zero-order valence-electron chi connectivity index (χ0n) is 38.8. The number of ether oxygens (including phenoxy) is 4. The van der Waals surface area contributed by atoms with Crippen LogP contribution in [0.2, 0.25) is 0 Å². The van der Waals surface area contributed by atoms with Crippen LogP contribution in [0.4, 0.5) is 0 Å². The Morgan fingerprint density at radius 3 is 1.35 bits per heavy atom. The van der Waals surface area contributed by atoms with Crippen molar-refractivity contribution in [2.45, 2.75) is 88.6 Å². The average molecular weight is 911 g/mol. The second kappa shape index (κ2) is 21.6. The molecule has 68 heavy (non-hydrogen) atoms. The molecule has 10 heteroatoms. The number of carbonyl (C=O) groups excluding carboxylic acids is 2. The molecule has 0 aliphatic carbocycles. The van der Waals surface area contributed by atoms with Gasteiger partial charge in [0.05, 0.1) is 0 Å². The summed E-state index contributed by atoms with van der Waals surface area (Å²) in [5.41, 5.74) is 4.66. The van der Waals surface area contributed by atoms with Gasteiger partial charge in [-0.2, -0.15) is 0 Å². The molecule has 2 aliphatic heterocycles. The van der Waals surface area contributed by atoms with Crippen LogP contribution >= 0.6 is 0 Å². The fourth-order valence-corrected chi connectivity index (χ4v) is 10.4. The summed E-state index contributed by atoms with van der Waals surface area (Å²) in [5, 5.41) is 6.90. The van der Waals surface area contributed by atoms with Crippen LogP contribution in [0.15, 0.2) is 146 Å². The van der Waals surface area contributed by atoms with Gasteiger partial charge in [0, 0.05) is 47.0 Å². The molecule has 0 amide bonds. The van der Waals surface area contributed by atoms with Crippen LogP contribution < -0.4 is 9.47 Å². The van der Waals surface area contributed by atoms with Crippen LogP contribution in [0.1, 0.15) is 87.2 Å². The van der Waals surface area contributed by atoms with E-state index in [1.165, 1.54) is 32.7 Å². The number of fused-ring (bicyclic) bond motifs is 4. The van der Waals surface area contributed by atoms with Crippen molar-refractivity contribution in [3.8, 4) is 11.5 Å². The van der Waals surface area contributed by atoms with E-state index in [2.05, 4.69) is 105 Å². The molecular weight excluding hydrogens is 849 g/mol. The van der Waals surface area contributed by atoms with Gasteiger partial charge in [0.1, 0.15) is 11.5 Å². The molecule has 2 unspecified atom stereocenters. The van der Waals surface area contributed by atoms with Crippen molar-refractivity contribution in [2.24, 2.45) is 0 Å². The molecule has 8 aromatic rings. The van der Waals surface area contributed by atoms with Gasteiger partial charge in [-0.1, -0.05) is 97.1 Å². The van der Waals surface area contributed by atoms with Gasteiger partial charge in [0.15, 0.2) is 0 Å². The van der Waals surface area contributed by atoms with E-state index in [9.17, 15) is 9.59 Å². The number of hydrogen-bond acceptors (Lipinski definition) is 8. The molecule has 0 saturated carbocycles. The first-order valence-electron chi connectivity index (χ1n) is 24.8. The minimum atomic E-state index is -1.10. The minimum Gasteiger partial charge on any atom is -0.454 e. The fourth-order valence-electron chi connectivity index (χ4n) is 10.4. The molecule has 2 N–H and O–H groups in total. The van der Waals surface area contributed by atoms with Crippen molar-refractivity contribution in [3.63, 3.8) is 0 Å². The van der Waals surface area contributed by atoms with Crippen molar-refractivity contribution >= 4 is 55.3 Å². The second-order valence-electron chi connectivity index (χ2n) is 18.7. The Labute approximate surface area is 398 Å². The Balaban J connectivity index is 0.734. The highest BCUT2D eigenvalue weighted by Crippen LogP contribution is 2.33. The van der Waals surface area contributed by atoms with Gasteiger partial charge in [-0.3, -0.25) is 0 Å². The Kier molecular flexibility index (Phi) is 14.3. The normalized spacial score (nSPS) is 16.3. The van der Waals surface area contributed by atoms with Crippen molar-refractivity contribution in [2.75, 3.05) is 39.3 Å². The Morgan fingerprint density at radius 2 is 0.912 bits per heavy atom. The molecule has 2 atom stereocenters. The number of unbranched alkanes of at least 4 members (excludes halogenated alkanes) is 2. The molecule has 10 nitrogen and oxygen atoms in total. The summed E-state index contributed by atoms with van der Waals surface area (Å²) < 4.78 is 24.5. The third-order valence-electron chi connectivity index (χ3n) is 14.3. The van der Waals surface area contributed by atoms with Crippen LogP contribution in [0.25, 0.3) is 43.4 Å². The third-order valence-corrected chi connectivity index (χ3v) is 14.3. The van der Waals surface area contributed by atoms with Crippen molar-refractivity contribution in [1.82, 2.24) is 19.8 Å². The summed E-state index contributed by atoms with van der Waals surface area (Å²) in [7, 11) is 0. The molecule has 10 rings (SSSR count). The minimum absolute atomic E-state index is 0.419. The van der Waals surface area contributed by atoms with Crippen LogP contribution in [0, 0.1) is 0 Å². The first-order chi connectivity index (χ1) is 33.5. The molecule has 2 fully saturated rings. The highest BCUT2D eigenvalue weighted by atomic mass is 16.7. The van der Waals surface area contributed by atoms with Gasteiger partial charge >= 0.3 is 11.9 Å². The lowest BCUT2D eigenvalue weighted by atomic mass is 9.88. The maximum Gasteiger partial charge on any atom is 0.420 e. The number of hydrogen-bond donors (Lipinski definition) is 2. The summed E-state index contributed by atoms with van der Waals surface area (Å²) in [4.78, 5) is 38.9. The number of aromatic nitrogens is 2. The van der Waals surface area contributed by atoms with Gasteiger partial charge in [-0.15, -0.1) is 0 Å². The number of H-pyrrole nitrogens is 2. The van der Waals surface area contributed by atoms with E-state index in [0.29, 0.717) is 36.2 Å². The van der Waals surface area contributed by atoms with Gasteiger partial charge in [0.2, 0.25) is 12.6 Å². The lowest BCUT2D eigenvalue weighted by Gasteiger charge is -2.32. The Hall–Kier alpha value is -6.62. The van der Waals surface area contributed by atoms with Crippen molar-refractivity contribution in [3.05, 3.63) is 157 Å². The lowest BCUT2D eigenvalue weighted by Crippen LogP contribution is -2.35. The fraction of sp³-hybridized carbons (Fsp3) is 0.345. The highest BCUT2D eigenvalue weighted by Gasteiger charge is 2.29. The number of carbonyl (C=O) groups is 2. The average Bonchev–Trinajstić information content (AvgIpc) is 4.08. The monoisotopic (exact) mass is 910 g/mol. The van der Waals surface area contributed by atoms with E-state index in [0.717, 1.165) is 112 Å². The Morgan fingerprint density at radius 1 is 0.485 bits per heavy atom. The largest absolute Gasteiger partial charge is 0.454 e. The molecule has 350 valence electrons. The Bertz CT molecular complexity index is 2740. The van der Waals surface area contributed by atoms with E-state index in [1.807, 2.05) is 60.9 Å². The molecule has 0 spiro atoms. The maximum atomic E-state index is 13.7. The molecular formula is C58H62N4O6. The number of esters is 2. The number of piperidine rings is 2. The van der Waals surface area contributed by atoms with Gasteiger partial charge in [0.25, 0.3) is 0 Å². The molecule has 0 radical (unpaired) electrons. The summed E-state index contributed by atoms with van der Waals surface area (Å²) in [6, 6.07) is 46.2. The first kappa shape index (κ1) is 45.2. The van der Waals surface area contributed by atoms with E-state index in [-0.39, 0.29) is 0 Å². The smallest absolute Gasteiger partial charge is 0.420 e. The van der Waals surface area contributed by atoms with Gasteiger partial charge in [-0.05, 0) is 172 Å². The van der Waals surface area contributed by atoms with Gasteiger partial charge in [-0.25, -0.2) is 9.59 Å². The van der Waals surface area contributed by atoms with Crippen molar-refractivity contribution in [1.29, 1.82) is 0 Å². The zero-order chi connectivity index (χ0) is 46.1. The summed E-state index contributed by atoms with van der Waals surface area (Å²) in [6.45, 7) is 6.05. The molecule has 2 aromatic heterocycles. The number of nitrogens with one attached hydrogen (secondary N) is 2. The van der Waals surface area contributed by atoms with Crippen LogP contribution in [0.3, 0.4) is 0 Å². The zero-order valence-corrected chi connectivity index (χ0v) is 38.8. The summed E-state index contributed by atoms with van der Waals surface area (Å²) in [6.07, 6.45) is 10.4. The number of likely N-dealkylation sites (tertiary alicyclic amines) is 2. The summed E-state index contributed by atoms with van der Waals surface area (Å²) >= 11 is 0. The molecule has 0 bridgehead atoms. The van der Waals surface area contributed by atoms with Crippen LogP contribution in [-0.2, 0) is 19.1 Å². The van der Waals surface area contributed by atoms with E-state index < -0.39 is 24.5 Å². The van der Waals surface area contributed by atoms with E-state index in [1.54, 1.807) is 0 Å². The van der Waals surface area contributed by atoms with Gasteiger partial charge < -0.3 is 38.7 Å². The van der Waals surface area contributed by atoms with E-state index >= 15 is 0 Å². The quantitative estimate of drug-likeness (QED) is 0.0379. The maximum absolute atomic E-state index is 13.7. The number of rotatable bonds is 18. The molecule has 2 saturated heterocycles. The standard InChI is InChI=1S/C58H62N4O6/c63-57(67-55(65-53-17-9-15-51-49(53)25-31-59-51)19-5-7-33-61-35-27-43(28-36-61)47-23-21-41-11-1-3-13-45(41)39-47)58(64)68-56(66-54-18-10-16-52-50(54)26-32-60-52)20-6-8-34-62-37-29-44(30-38-62)48-24-22-42-12-2-4-14-46(42)40-48/h1-4,9-18,21-26,31-32,39-40,43-44,55-56,59-60H,5-8,19-20,27-30,33-38H2. The lowest BCUT2D eigenvalue weighted by molar-refractivity contribution is -0.190. The van der Waals surface area contributed by atoms with Crippen molar-refractivity contribution < 1.29 is 28.5 Å². The van der Waals surface area contributed by atoms with Crippen LogP contribution in [-0.4, -0.2) is 83.6 Å².